The van der Waals surface area contributed by atoms with E-state index in [4.69, 9.17) is 0 Å². The number of hydrogen-bond donors (Lipinski definition) is 2. The number of amidine groups is 1. The smallest absolute Gasteiger partial charge is 0.382 e. The summed E-state index contributed by atoms with van der Waals surface area (Å²) in [5.74, 6) is 0.626. The van der Waals surface area contributed by atoms with Crippen LogP contribution in [0.3, 0.4) is 0 Å². The van der Waals surface area contributed by atoms with Crippen LogP contribution in [-0.4, -0.2) is 29.6 Å². The molecule has 4 rings (SSSR count). The molecule has 148 valence electrons. The summed E-state index contributed by atoms with van der Waals surface area (Å²) < 4.78 is 40.7. The fraction of sp³-hybridized carbons (Fsp3) is 0.409. The lowest BCUT2D eigenvalue weighted by atomic mass is 9.74. The summed E-state index contributed by atoms with van der Waals surface area (Å²) in [4.78, 5) is 4.38. The van der Waals surface area contributed by atoms with Crippen molar-refractivity contribution in [2.45, 2.75) is 43.4 Å². The van der Waals surface area contributed by atoms with Gasteiger partial charge in [0.05, 0.1) is 12.1 Å². The maximum atomic E-state index is 13.6. The molecule has 0 radical (unpaired) electrons. The van der Waals surface area contributed by atoms with Crippen LogP contribution >= 0.6 is 0 Å². The lowest BCUT2D eigenvalue weighted by molar-refractivity contribution is -0.137. The Hall–Kier alpha value is -2.34. The Balaban J connectivity index is 1.70. The van der Waals surface area contributed by atoms with Gasteiger partial charge in [0.25, 0.3) is 0 Å². The lowest BCUT2D eigenvalue weighted by Crippen LogP contribution is -2.47. The van der Waals surface area contributed by atoms with Crippen molar-refractivity contribution in [2.75, 3.05) is 13.1 Å². The molecule has 1 aliphatic heterocycles. The molecule has 0 spiro atoms. The first-order valence-electron chi connectivity index (χ1n) is 9.64. The number of aliphatic hydroxyl groups is 1. The minimum atomic E-state index is -4.42. The highest BCUT2D eigenvalue weighted by molar-refractivity contribution is 5.91. The highest BCUT2D eigenvalue weighted by atomic mass is 19.4. The largest absolute Gasteiger partial charge is 0.417 e. The summed E-state index contributed by atoms with van der Waals surface area (Å²) in [7, 11) is 0. The van der Waals surface area contributed by atoms with Crippen molar-refractivity contribution in [1.82, 2.24) is 5.32 Å². The van der Waals surface area contributed by atoms with Crippen molar-refractivity contribution >= 4 is 5.84 Å². The Morgan fingerprint density at radius 1 is 1.11 bits per heavy atom. The second-order valence-electron chi connectivity index (χ2n) is 7.65. The monoisotopic (exact) mass is 388 g/mol. The zero-order valence-electron chi connectivity index (χ0n) is 15.5. The Morgan fingerprint density at radius 3 is 2.57 bits per heavy atom. The van der Waals surface area contributed by atoms with Gasteiger partial charge in [-0.05, 0) is 54.4 Å². The molecule has 0 aromatic heterocycles. The first-order valence-corrected chi connectivity index (χ1v) is 9.64. The summed E-state index contributed by atoms with van der Waals surface area (Å²) in [6, 6.07) is 13.1. The van der Waals surface area contributed by atoms with Gasteiger partial charge in [0, 0.05) is 6.54 Å². The molecular weight excluding hydrogens is 365 g/mol. The van der Waals surface area contributed by atoms with Crippen molar-refractivity contribution in [3.63, 3.8) is 0 Å². The number of benzene rings is 2. The van der Waals surface area contributed by atoms with Gasteiger partial charge < -0.3 is 10.4 Å². The van der Waals surface area contributed by atoms with Gasteiger partial charge in [-0.25, -0.2) is 0 Å². The Bertz CT molecular complexity index is 879. The second kappa shape index (κ2) is 7.24. The van der Waals surface area contributed by atoms with Gasteiger partial charge in [0.15, 0.2) is 0 Å². The van der Waals surface area contributed by atoms with Crippen LogP contribution in [0.15, 0.2) is 53.5 Å². The van der Waals surface area contributed by atoms with Crippen LogP contribution in [0.25, 0.3) is 11.1 Å². The maximum absolute atomic E-state index is 13.6. The van der Waals surface area contributed by atoms with Gasteiger partial charge in [0.2, 0.25) is 0 Å². The number of nitrogens with zero attached hydrogens (tertiary/aromatic N) is 1. The van der Waals surface area contributed by atoms with Crippen molar-refractivity contribution in [3.8, 4) is 11.1 Å². The molecule has 2 aromatic carbocycles. The number of hydrogen-bond acceptors (Lipinski definition) is 3. The molecule has 1 aliphatic carbocycles. The average Bonchev–Trinajstić information content (AvgIpc) is 3.23. The van der Waals surface area contributed by atoms with Crippen LogP contribution < -0.4 is 5.32 Å². The van der Waals surface area contributed by atoms with E-state index in [1.165, 1.54) is 6.07 Å². The molecule has 2 N–H and O–H groups in total. The van der Waals surface area contributed by atoms with Gasteiger partial charge in [-0.2, -0.15) is 13.2 Å². The lowest BCUT2D eigenvalue weighted by Gasteiger charge is -2.37. The summed E-state index contributed by atoms with van der Waals surface area (Å²) in [6.07, 6.45) is -1.67. The zero-order valence-corrected chi connectivity index (χ0v) is 15.5. The van der Waals surface area contributed by atoms with E-state index < -0.39 is 17.3 Å². The second-order valence-corrected chi connectivity index (χ2v) is 7.65. The first-order chi connectivity index (χ1) is 13.4. The number of rotatable bonds is 3. The maximum Gasteiger partial charge on any atom is 0.417 e. The number of halogens is 3. The standard InChI is InChI=1S/C22H23F3N2O/c23-22(24,25)19-9-8-16(13-18(19)15-5-2-1-3-6-15)17-7-4-10-21(28,14-17)20-26-11-12-27-20/h1-3,5-6,8-9,13,17,28H,4,7,10-12,14H2,(H,26,27). The van der Waals surface area contributed by atoms with E-state index in [1.807, 2.05) is 0 Å². The third-order valence-corrected chi connectivity index (χ3v) is 5.75. The molecular formula is C22H23F3N2O. The first kappa shape index (κ1) is 19.0. The molecule has 2 unspecified atom stereocenters. The SMILES string of the molecule is OC1(C2=NCCN2)CCCC(c2ccc(C(F)(F)F)c(-c3ccccc3)c2)C1. The van der Waals surface area contributed by atoms with E-state index in [2.05, 4.69) is 10.3 Å². The van der Waals surface area contributed by atoms with E-state index in [1.54, 1.807) is 42.5 Å². The molecule has 0 bridgehead atoms. The number of aliphatic imine (C=N–C) groups is 1. The fourth-order valence-corrected chi connectivity index (χ4v) is 4.38. The number of nitrogens with one attached hydrogen (secondary N) is 1. The molecule has 28 heavy (non-hydrogen) atoms. The summed E-state index contributed by atoms with van der Waals surface area (Å²) in [6.45, 7) is 1.38. The van der Waals surface area contributed by atoms with Crippen LogP contribution in [-0.2, 0) is 6.18 Å². The number of alkyl halides is 3. The minimum absolute atomic E-state index is 0.00593. The predicted molar refractivity (Wildman–Crippen MR) is 103 cm³/mol. The highest BCUT2D eigenvalue weighted by Gasteiger charge is 2.41. The molecule has 1 saturated carbocycles. The average molecular weight is 388 g/mol. The summed E-state index contributed by atoms with van der Waals surface area (Å²) in [5, 5.41) is 14.3. The quantitative estimate of drug-likeness (QED) is 0.796. The van der Waals surface area contributed by atoms with Gasteiger partial charge in [-0.3, -0.25) is 4.99 Å². The van der Waals surface area contributed by atoms with E-state index in [0.717, 1.165) is 24.9 Å². The Labute approximate surface area is 162 Å². The molecule has 2 aromatic rings. The van der Waals surface area contributed by atoms with E-state index in [-0.39, 0.29) is 11.5 Å². The topological polar surface area (TPSA) is 44.6 Å². The van der Waals surface area contributed by atoms with E-state index in [0.29, 0.717) is 30.8 Å². The summed E-state index contributed by atoms with van der Waals surface area (Å²) in [5.41, 5.74) is -0.0748. The normalized spacial score (nSPS) is 25.3. The van der Waals surface area contributed by atoms with Gasteiger partial charge in [-0.1, -0.05) is 42.5 Å². The predicted octanol–water partition coefficient (Wildman–Crippen LogP) is 4.76. The molecule has 1 fully saturated rings. The highest BCUT2D eigenvalue weighted by Crippen LogP contribution is 2.43. The van der Waals surface area contributed by atoms with Crippen LogP contribution in [0, 0.1) is 0 Å². The van der Waals surface area contributed by atoms with Crippen LogP contribution in [0.4, 0.5) is 13.2 Å². The van der Waals surface area contributed by atoms with Crippen molar-refractivity contribution < 1.29 is 18.3 Å². The third kappa shape index (κ3) is 3.65. The molecule has 0 saturated heterocycles. The molecule has 2 aliphatic rings. The minimum Gasteiger partial charge on any atom is -0.382 e. The molecule has 6 heteroatoms. The van der Waals surface area contributed by atoms with Crippen LogP contribution in [0.5, 0.6) is 0 Å². The van der Waals surface area contributed by atoms with Crippen LogP contribution in [0.1, 0.15) is 42.7 Å². The molecule has 0 amide bonds. The Kier molecular flexibility index (Phi) is 4.91. The van der Waals surface area contributed by atoms with Gasteiger partial charge in [0.1, 0.15) is 11.4 Å². The van der Waals surface area contributed by atoms with Crippen molar-refractivity contribution in [3.05, 3.63) is 59.7 Å². The summed E-state index contributed by atoms with van der Waals surface area (Å²) >= 11 is 0. The van der Waals surface area contributed by atoms with E-state index >= 15 is 0 Å². The van der Waals surface area contributed by atoms with Crippen molar-refractivity contribution in [2.24, 2.45) is 4.99 Å². The third-order valence-electron chi connectivity index (χ3n) is 5.75. The molecule has 2 atom stereocenters. The van der Waals surface area contributed by atoms with Gasteiger partial charge >= 0.3 is 6.18 Å². The Morgan fingerprint density at radius 2 is 1.89 bits per heavy atom. The van der Waals surface area contributed by atoms with Crippen LogP contribution in [0.2, 0.25) is 0 Å². The zero-order chi connectivity index (χ0) is 19.8. The van der Waals surface area contributed by atoms with Crippen molar-refractivity contribution in [1.29, 1.82) is 0 Å². The molecule has 1 heterocycles. The van der Waals surface area contributed by atoms with Gasteiger partial charge in [-0.15, -0.1) is 0 Å². The van der Waals surface area contributed by atoms with E-state index in [9.17, 15) is 18.3 Å². The molecule has 3 nitrogen and oxygen atoms in total. The fourth-order valence-electron chi connectivity index (χ4n) is 4.38.